The van der Waals surface area contributed by atoms with Crippen molar-refractivity contribution in [2.24, 2.45) is 0 Å². The van der Waals surface area contributed by atoms with Crippen LogP contribution in [0, 0.1) is 27.7 Å². The van der Waals surface area contributed by atoms with Crippen LogP contribution in [0.2, 0.25) is 0 Å². The summed E-state index contributed by atoms with van der Waals surface area (Å²) in [5.41, 5.74) is 4.44. The minimum Gasteiger partial charge on any atom is -0.234 e. The highest BCUT2D eigenvalue weighted by molar-refractivity contribution is 5.75. The normalized spacial score (nSPS) is 12.2. The Labute approximate surface area is 105 Å². The van der Waals surface area contributed by atoms with Crippen LogP contribution in [0.4, 0.5) is 23.3 Å². The zero-order valence-electron chi connectivity index (χ0n) is 11.0. The molecule has 0 saturated carbocycles. The van der Waals surface area contributed by atoms with Crippen molar-refractivity contribution < 1.29 is 19.9 Å². The minimum absolute atomic E-state index is 0.929. The summed E-state index contributed by atoms with van der Waals surface area (Å²) in [7, 11) is 0. The van der Waals surface area contributed by atoms with Gasteiger partial charge in [-0.1, -0.05) is 0 Å². The Morgan fingerprint density at radius 3 is 0.944 bits per heavy atom. The van der Waals surface area contributed by atoms with Crippen LogP contribution in [-0.4, -0.2) is 0 Å². The van der Waals surface area contributed by atoms with Gasteiger partial charge >= 0.3 is 23.3 Å². The lowest BCUT2D eigenvalue weighted by molar-refractivity contribution is -0.451. The smallest absolute Gasteiger partial charge is 0.234 e. The quantitative estimate of drug-likeness (QED) is 0.584. The summed E-state index contributed by atoms with van der Waals surface area (Å²) in [5.74, 6) is 3.72. The maximum Gasteiger partial charge on any atom is 0.372 e. The van der Waals surface area contributed by atoms with Crippen molar-refractivity contribution in [1.29, 1.82) is 0 Å². The third-order valence-electron chi connectivity index (χ3n) is 3.38. The second kappa shape index (κ2) is 3.63. The zero-order chi connectivity index (χ0) is 12.9. The number of aromatic amines is 4. The molecule has 0 spiro atoms. The first-order valence-electron chi connectivity index (χ1n) is 6.00. The van der Waals surface area contributed by atoms with E-state index in [1.54, 1.807) is 0 Å². The topological polar surface area (TPSA) is 80.6 Å². The first kappa shape index (κ1) is 10.9. The van der Waals surface area contributed by atoms with E-state index in [2.05, 4.69) is 30.6 Å². The zero-order valence-corrected chi connectivity index (χ0v) is 11.0. The maximum atomic E-state index is 3.34. The molecule has 1 aliphatic rings. The van der Waals surface area contributed by atoms with Gasteiger partial charge in [0.1, 0.15) is 22.8 Å². The first-order chi connectivity index (χ1) is 8.54. The summed E-state index contributed by atoms with van der Waals surface area (Å²) in [6.07, 6.45) is 0. The number of anilines is 4. The summed E-state index contributed by atoms with van der Waals surface area (Å²) in [6.45, 7) is 8.16. The molecule has 0 unspecified atom stereocenters. The SMILES string of the molecule is Cc1[nH+]c2c([nH+]c1C)Nc1[nH+]c(C)c(C)[nH+]c1N2. The Kier molecular flexibility index (Phi) is 2.19. The van der Waals surface area contributed by atoms with Gasteiger partial charge in [0.2, 0.25) is 0 Å². The summed E-state index contributed by atoms with van der Waals surface area (Å²) < 4.78 is 0. The fraction of sp³-hybridized carbons (Fsp3) is 0.333. The van der Waals surface area contributed by atoms with E-state index in [1.807, 2.05) is 27.7 Å². The van der Waals surface area contributed by atoms with Gasteiger partial charge < -0.3 is 0 Å². The molecule has 2 aromatic heterocycles. The summed E-state index contributed by atoms with van der Waals surface area (Å²) >= 11 is 0. The Morgan fingerprint density at radius 2 is 0.722 bits per heavy atom. The first-order valence-corrected chi connectivity index (χ1v) is 6.00. The van der Waals surface area contributed by atoms with Gasteiger partial charge in [0.15, 0.2) is 0 Å². The highest BCUT2D eigenvalue weighted by Crippen LogP contribution is 2.27. The molecule has 18 heavy (non-hydrogen) atoms. The molecule has 2 aromatic rings. The van der Waals surface area contributed by atoms with Crippen LogP contribution in [-0.2, 0) is 0 Å². The lowest BCUT2D eigenvalue weighted by atomic mass is 10.3. The standard InChI is InChI=1S/C12H14N6/c1-5-6(2)14-10-9(13-5)17-11-12(18-10)16-8(4)7(3)15-11/h1-4H3,(H,13,15,17)(H,14,16,18)/p+4. The van der Waals surface area contributed by atoms with Gasteiger partial charge in [-0.25, -0.2) is 19.9 Å². The maximum absolute atomic E-state index is 3.34. The Morgan fingerprint density at radius 1 is 0.500 bits per heavy atom. The van der Waals surface area contributed by atoms with Crippen LogP contribution in [0.15, 0.2) is 0 Å². The molecule has 3 heterocycles. The highest BCUT2D eigenvalue weighted by Gasteiger charge is 2.35. The molecule has 0 aromatic carbocycles. The number of hydrogen-bond donors (Lipinski definition) is 2. The fourth-order valence-corrected chi connectivity index (χ4v) is 2.00. The van der Waals surface area contributed by atoms with E-state index in [9.17, 15) is 0 Å². The van der Waals surface area contributed by atoms with Crippen LogP contribution in [0.1, 0.15) is 22.8 Å². The fourth-order valence-electron chi connectivity index (χ4n) is 2.00. The van der Waals surface area contributed by atoms with E-state index in [-0.39, 0.29) is 0 Å². The van der Waals surface area contributed by atoms with Gasteiger partial charge in [-0.2, -0.15) is 10.6 Å². The number of aryl methyl sites for hydroxylation is 4. The Bertz CT molecular complexity index is 538. The average molecular weight is 246 g/mol. The summed E-state index contributed by atoms with van der Waals surface area (Å²) in [4.78, 5) is 13.3. The van der Waals surface area contributed by atoms with Gasteiger partial charge in [-0.05, 0) is 0 Å². The van der Waals surface area contributed by atoms with Crippen molar-refractivity contribution >= 4 is 23.3 Å². The van der Waals surface area contributed by atoms with Crippen molar-refractivity contribution in [1.82, 2.24) is 0 Å². The number of rotatable bonds is 0. The van der Waals surface area contributed by atoms with Crippen molar-refractivity contribution in [3.63, 3.8) is 0 Å². The Hall–Kier alpha value is -2.24. The predicted octanol–water partition coefficient (Wildman–Crippen LogP) is -0.0227. The second-order valence-corrected chi connectivity index (χ2v) is 4.75. The molecule has 1 aliphatic heterocycles. The van der Waals surface area contributed by atoms with Gasteiger partial charge in [0.25, 0.3) is 0 Å². The van der Waals surface area contributed by atoms with E-state index >= 15 is 0 Å². The molecule has 0 saturated heterocycles. The molecule has 6 nitrogen and oxygen atoms in total. The number of nitrogens with one attached hydrogen (secondary N) is 6. The lowest BCUT2D eigenvalue weighted by Crippen LogP contribution is -2.36. The van der Waals surface area contributed by atoms with E-state index in [0.29, 0.717) is 0 Å². The van der Waals surface area contributed by atoms with Gasteiger partial charge in [-0.15, -0.1) is 0 Å². The molecular weight excluding hydrogens is 228 g/mol. The number of H-pyrrole nitrogens is 4. The van der Waals surface area contributed by atoms with Crippen LogP contribution < -0.4 is 30.6 Å². The van der Waals surface area contributed by atoms with Crippen LogP contribution >= 0.6 is 0 Å². The predicted molar refractivity (Wildman–Crippen MR) is 64.6 cm³/mol. The summed E-state index contributed by atoms with van der Waals surface area (Å²) in [6, 6.07) is 0. The molecule has 92 valence electrons. The molecule has 3 rings (SSSR count). The molecule has 6 heteroatoms. The Balaban J connectivity index is 2.12. The molecule has 0 fully saturated rings. The van der Waals surface area contributed by atoms with Gasteiger partial charge in [-0.3, -0.25) is 0 Å². The van der Waals surface area contributed by atoms with Crippen molar-refractivity contribution in [2.75, 3.05) is 10.6 Å². The van der Waals surface area contributed by atoms with Crippen LogP contribution in [0.3, 0.4) is 0 Å². The second-order valence-electron chi connectivity index (χ2n) is 4.75. The number of fused-ring (bicyclic) bond motifs is 2. The molecular formula is C12H18N6+4. The largest absolute Gasteiger partial charge is 0.372 e. The molecule has 0 bridgehead atoms. The molecule has 0 aliphatic carbocycles. The molecule has 0 radical (unpaired) electrons. The van der Waals surface area contributed by atoms with Crippen LogP contribution in [0.5, 0.6) is 0 Å². The average Bonchev–Trinajstić information content (AvgIpc) is 2.31. The highest BCUT2D eigenvalue weighted by atomic mass is 15.2. The third-order valence-corrected chi connectivity index (χ3v) is 3.38. The number of aromatic nitrogens is 4. The molecule has 6 N–H and O–H groups in total. The van der Waals surface area contributed by atoms with Gasteiger partial charge in [0.05, 0.1) is 0 Å². The van der Waals surface area contributed by atoms with Gasteiger partial charge in [0, 0.05) is 27.7 Å². The molecule has 0 amide bonds. The lowest BCUT2D eigenvalue weighted by Gasteiger charge is -2.09. The van der Waals surface area contributed by atoms with E-state index in [1.165, 1.54) is 0 Å². The monoisotopic (exact) mass is 246 g/mol. The van der Waals surface area contributed by atoms with E-state index in [4.69, 9.17) is 0 Å². The van der Waals surface area contributed by atoms with E-state index < -0.39 is 0 Å². The molecule has 0 atom stereocenters. The van der Waals surface area contributed by atoms with Crippen LogP contribution in [0.25, 0.3) is 0 Å². The minimum atomic E-state index is 0.929. The van der Waals surface area contributed by atoms with Crippen molar-refractivity contribution in [3.8, 4) is 0 Å². The number of hydrogen-bond acceptors (Lipinski definition) is 2. The van der Waals surface area contributed by atoms with Crippen molar-refractivity contribution in [2.45, 2.75) is 27.7 Å². The third kappa shape index (κ3) is 1.57. The summed E-state index contributed by atoms with van der Waals surface area (Å²) in [5, 5.41) is 6.68. The van der Waals surface area contributed by atoms with Crippen molar-refractivity contribution in [3.05, 3.63) is 22.8 Å². The van der Waals surface area contributed by atoms with E-state index in [0.717, 1.165) is 46.0 Å².